The Kier molecular flexibility index (Phi) is 4.27. The number of anilines is 1. The average Bonchev–Trinajstić information content (AvgIpc) is 2.22. The first-order valence-electron chi connectivity index (χ1n) is 5.11. The SMILES string of the molecule is CCCCCN(C)c1nc[nH]c(=O)c1F. The van der Waals surface area contributed by atoms with Crippen molar-refractivity contribution in [3.05, 3.63) is 22.5 Å². The Morgan fingerprint density at radius 1 is 1.53 bits per heavy atom. The highest BCUT2D eigenvalue weighted by atomic mass is 19.1. The molecule has 0 aliphatic carbocycles. The molecule has 0 radical (unpaired) electrons. The molecular weight excluding hydrogens is 197 g/mol. The van der Waals surface area contributed by atoms with Gasteiger partial charge in [-0.2, -0.15) is 4.39 Å². The Balaban J connectivity index is 2.69. The first-order chi connectivity index (χ1) is 7.16. The summed E-state index contributed by atoms with van der Waals surface area (Å²) in [6.07, 6.45) is 4.40. The molecule has 5 heteroatoms. The summed E-state index contributed by atoms with van der Waals surface area (Å²) >= 11 is 0. The molecule has 0 aromatic carbocycles. The molecule has 1 heterocycles. The maximum Gasteiger partial charge on any atom is 0.289 e. The molecule has 4 nitrogen and oxygen atoms in total. The number of nitrogens with one attached hydrogen (secondary N) is 1. The van der Waals surface area contributed by atoms with Crippen LogP contribution in [0.15, 0.2) is 11.1 Å². The molecular formula is C10H16FN3O. The molecule has 0 bridgehead atoms. The van der Waals surface area contributed by atoms with Gasteiger partial charge in [-0.3, -0.25) is 4.79 Å². The number of aromatic amines is 1. The summed E-state index contributed by atoms with van der Waals surface area (Å²) in [6, 6.07) is 0. The van der Waals surface area contributed by atoms with Gasteiger partial charge in [0.05, 0.1) is 6.33 Å². The minimum absolute atomic E-state index is 0.120. The lowest BCUT2D eigenvalue weighted by Gasteiger charge is -2.17. The Labute approximate surface area is 88.1 Å². The molecule has 0 fully saturated rings. The van der Waals surface area contributed by atoms with Gasteiger partial charge in [-0.05, 0) is 6.42 Å². The summed E-state index contributed by atoms with van der Waals surface area (Å²) in [5.41, 5.74) is -0.720. The largest absolute Gasteiger partial charge is 0.357 e. The summed E-state index contributed by atoms with van der Waals surface area (Å²) in [4.78, 5) is 18.7. The monoisotopic (exact) mass is 213 g/mol. The lowest BCUT2D eigenvalue weighted by atomic mass is 10.2. The fourth-order valence-corrected chi connectivity index (χ4v) is 1.34. The van der Waals surface area contributed by atoms with E-state index < -0.39 is 11.4 Å². The van der Waals surface area contributed by atoms with E-state index in [1.165, 1.54) is 6.33 Å². The van der Waals surface area contributed by atoms with E-state index in [0.29, 0.717) is 6.54 Å². The summed E-state index contributed by atoms with van der Waals surface area (Å²) in [6.45, 7) is 2.81. The molecule has 1 aromatic rings. The third-order valence-electron chi connectivity index (χ3n) is 2.24. The predicted octanol–water partition coefficient (Wildman–Crippen LogP) is 1.54. The van der Waals surface area contributed by atoms with Gasteiger partial charge >= 0.3 is 0 Å². The Bertz CT molecular complexity index is 364. The van der Waals surface area contributed by atoms with Crippen molar-refractivity contribution in [3.63, 3.8) is 0 Å². The highest BCUT2D eigenvalue weighted by Crippen LogP contribution is 2.10. The van der Waals surface area contributed by atoms with Crippen LogP contribution in [-0.2, 0) is 0 Å². The lowest BCUT2D eigenvalue weighted by molar-refractivity contribution is 0.590. The number of halogens is 1. The van der Waals surface area contributed by atoms with Crippen molar-refractivity contribution in [1.82, 2.24) is 9.97 Å². The summed E-state index contributed by atoms with van der Waals surface area (Å²) in [5, 5.41) is 0. The molecule has 0 aliphatic rings. The summed E-state index contributed by atoms with van der Waals surface area (Å²) < 4.78 is 13.3. The Hall–Kier alpha value is -1.39. The van der Waals surface area contributed by atoms with Crippen molar-refractivity contribution in [2.24, 2.45) is 0 Å². The Morgan fingerprint density at radius 3 is 2.93 bits per heavy atom. The number of hydrogen-bond acceptors (Lipinski definition) is 3. The minimum Gasteiger partial charge on any atom is -0.357 e. The standard InChI is InChI=1S/C10H16FN3O/c1-3-4-5-6-14(2)9-8(11)10(15)13-7-12-9/h7H,3-6H2,1-2H3,(H,12,13,15). The smallest absolute Gasteiger partial charge is 0.289 e. The van der Waals surface area contributed by atoms with Crippen LogP contribution in [0.4, 0.5) is 10.2 Å². The van der Waals surface area contributed by atoms with Crippen LogP contribution in [-0.4, -0.2) is 23.6 Å². The van der Waals surface area contributed by atoms with Crippen LogP contribution < -0.4 is 10.5 Å². The summed E-state index contributed by atoms with van der Waals surface area (Å²) in [5.74, 6) is -0.689. The second kappa shape index (κ2) is 5.48. The van der Waals surface area contributed by atoms with Crippen molar-refractivity contribution in [2.45, 2.75) is 26.2 Å². The van der Waals surface area contributed by atoms with E-state index in [2.05, 4.69) is 16.9 Å². The number of nitrogens with zero attached hydrogens (tertiary/aromatic N) is 2. The van der Waals surface area contributed by atoms with Gasteiger partial charge in [-0.25, -0.2) is 4.98 Å². The van der Waals surface area contributed by atoms with Crippen molar-refractivity contribution in [2.75, 3.05) is 18.5 Å². The van der Waals surface area contributed by atoms with E-state index in [-0.39, 0.29) is 5.82 Å². The van der Waals surface area contributed by atoms with Crippen LogP contribution in [0.25, 0.3) is 0 Å². The number of rotatable bonds is 5. The number of hydrogen-bond donors (Lipinski definition) is 1. The molecule has 0 aliphatic heterocycles. The molecule has 0 atom stereocenters. The highest BCUT2D eigenvalue weighted by molar-refractivity contribution is 5.36. The average molecular weight is 213 g/mol. The van der Waals surface area contributed by atoms with Gasteiger partial charge in [0.15, 0.2) is 5.82 Å². The van der Waals surface area contributed by atoms with Gasteiger partial charge < -0.3 is 9.88 Å². The van der Waals surface area contributed by atoms with Gasteiger partial charge in [-0.1, -0.05) is 19.8 Å². The third kappa shape index (κ3) is 3.04. The van der Waals surface area contributed by atoms with E-state index in [1.54, 1.807) is 11.9 Å². The number of H-pyrrole nitrogens is 1. The van der Waals surface area contributed by atoms with Crippen LogP contribution >= 0.6 is 0 Å². The van der Waals surface area contributed by atoms with Gasteiger partial charge in [0.2, 0.25) is 5.82 Å². The quantitative estimate of drug-likeness (QED) is 0.755. The van der Waals surface area contributed by atoms with E-state index in [9.17, 15) is 9.18 Å². The van der Waals surface area contributed by atoms with Gasteiger partial charge in [0.25, 0.3) is 5.56 Å². The second-order valence-electron chi connectivity index (χ2n) is 3.50. The first-order valence-corrected chi connectivity index (χ1v) is 5.11. The van der Waals surface area contributed by atoms with Gasteiger partial charge in [0, 0.05) is 13.6 Å². The number of aromatic nitrogens is 2. The van der Waals surface area contributed by atoms with Crippen LogP contribution in [0.1, 0.15) is 26.2 Å². The highest BCUT2D eigenvalue weighted by Gasteiger charge is 2.11. The fourth-order valence-electron chi connectivity index (χ4n) is 1.34. The van der Waals surface area contributed by atoms with Gasteiger partial charge in [0.1, 0.15) is 0 Å². The molecule has 0 saturated carbocycles. The molecule has 0 unspecified atom stereocenters. The molecule has 0 saturated heterocycles. The zero-order valence-corrected chi connectivity index (χ0v) is 9.09. The van der Waals surface area contributed by atoms with Crippen molar-refractivity contribution < 1.29 is 4.39 Å². The van der Waals surface area contributed by atoms with Gasteiger partial charge in [-0.15, -0.1) is 0 Å². The molecule has 1 rings (SSSR count). The van der Waals surface area contributed by atoms with E-state index >= 15 is 0 Å². The number of unbranched alkanes of at least 4 members (excludes halogenated alkanes) is 2. The molecule has 15 heavy (non-hydrogen) atoms. The molecule has 1 N–H and O–H groups in total. The van der Waals surface area contributed by atoms with Crippen molar-refractivity contribution >= 4 is 5.82 Å². The van der Waals surface area contributed by atoms with Crippen molar-refractivity contribution in [3.8, 4) is 0 Å². The van der Waals surface area contributed by atoms with Crippen LogP contribution in [0, 0.1) is 5.82 Å². The van der Waals surface area contributed by atoms with E-state index in [1.807, 2.05) is 0 Å². The van der Waals surface area contributed by atoms with Crippen molar-refractivity contribution in [1.29, 1.82) is 0 Å². The maximum absolute atomic E-state index is 13.3. The van der Waals surface area contributed by atoms with E-state index in [0.717, 1.165) is 19.3 Å². The summed E-state index contributed by atoms with van der Waals surface area (Å²) in [7, 11) is 1.74. The maximum atomic E-state index is 13.3. The van der Waals surface area contributed by atoms with Crippen LogP contribution in [0.5, 0.6) is 0 Å². The topological polar surface area (TPSA) is 49.0 Å². The van der Waals surface area contributed by atoms with Crippen LogP contribution in [0.2, 0.25) is 0 Å². The Morgan fingerprint density at radius 2 is 2.27 bits per heavy atom. The first kappa shape index (κ1) is 11.7. The fraction of sp³-hybridized carbons (Fsp3) is 0.600. The van der Waals surface area contributed by atoms with E-state index in [4.69, 9.17) is 0 Å². The lowest BCUT2D eigenvalue weighted by Crippen LogP contribution is -2.25. The minimum atomic E-state index is -0.809. The molecule has 1 aromatic heterocycles. The third-order valence-corrected chi connectivity index (χ3v) is 2.24. The van der Waals surface area contributed by atoms with Crippen LogP contribution in [0.3, 0.4) is 0 Å². The predicted molar refractivity (Wildman–Crippen MR) is 57.6 cm³/mol. The second-order valence-corrected chi connectivity index (χ2v) is 3.50. The zero-order valence-electron chi connectivity index (χ0n) is 9.09. The molecule has 0 spiro atoms. The molecule has 0 amide bonds. The normalized spacial score (nSPS) is 10.3. The zero-order chi connectivity index (χ0) is 11.3. The molecule has 84 valence electrons.